The number of hydrogen-bond acceptors (Lipinski definition) is 2. The second-order valence-corrected chi connectivity index (χ2v) is 5.91. The van der Waals surface area contributed by atoms with Crippen LogP contribution in [0.5, 0.6) is 0 Å². The van der Waals surface area contributed by atoms with Crippen LogP contribution in [0, 0.1) is 6.92 Å². The van der Waals surface area contributed by atoms with E-state index >= 15 is 0 Å². The van der Waals surface area contributed by atoms with Crippen LogP contribution in [-0.2, 0) is 11.3 Å². The Hall–Kier alpha value is -1.71. The zero-order valence-electron chi connectivity index (χ0n) is 12.3. The van der Waals surface area contributed by atoms with Gasteiger partial charge in [-0.05, 0) is 36.2 Å². The summed E-state index contributed by atoms with van der Waals surface area (Å²) >= 11 is 11.8. The first kappa shape index (κ1) is 16.7. The quantitative estimate of drug-likeness (QED) is 0.819. The third-order valence-electron chi connectivity index (χ3n) is 3.28. The Kier molecular flexibility index (Phi) is 6.10. The number of hydrogen-bond donors (Lipinski definition) is 2. The van der Waals surface area contributed by atoms with Crippen LogP contribution < -0.4 is 10.6 Å². The molecular formula is C17H18Cl2N2O. The zero-order chi connectivity index (χ0) is 15.9. The SMILES string of the molecule is Cc1ccccc1CNC(=O)CCNc1cc(Cl)cc(Cl)c1. The number of aryl methyl sites for hydroxylation is 1. The minimum absolute atomic E-state index is 0.00359. The Morgan fingerprint density at radius 3 is 2.45 bits per heavy atom. The molecule has 0 aliphatic carbocycles. The van der Waals surface area contributed by atoms with E-state index in [-0.39, 0.29) is 5.91 Å². The van der Waals surface area contributed by atoms with Crippen molar-refractivity contribution in [2.24, 2.45) is 0 Å². The first-order chi connectivity index (χ1) is 10.5. The highest BCUT2D eigenvalue weighted by atomic mass is 35.5. The lowest BCUT2D eigenvalue weighted by Gasteiger charge is -2.09. The van der Waals surface area contributed by atoms with Crippen molar-refractivity contribution in [1.82, 2.24) is 5.32 Å². The van der Waals surface area contributed by atoms with E-state index in [0.717, 1.165) is 11.3 Å². The number of anilines is 1. The van der Waals surface area contributed by atoms with Crippen LogP contribution in [0.2, 0.25) is 10.0 Å². The Morgan fingerprint density at radius 1 is 1.09 bits per heavy atom. The van der Waals surface area contributed by atoms with Crippen LogP contribution >= 0.6 is 23.2 Å². The fourth-order valence-electron chi connectivity index (χ4n) is 2.07. The van der Waals surface area contributed by atoms with E-state index in [2.05, 4.69) is 10.6 Å². The summed E-state index contributed by atoms with van der Waals surface area (Å²) in [5.41, 5.74) is 3.11. The normalized spacial score (nSPS) is 10.3. The van der Waals surface area contributed by atoms with Crippen molar-refractivity contribution in [3.05, 3.63) is 63.6 Å². The molecule has 0 spiro atoms. The molecule has 2 aromatic rings. The van der Waals surface area contributed by atoms with Crippen molar-refractivity contribution in [1.29, 1.82) is 0 Å². The number of halogens is 2. The van der Waals surface area contributed by atoms with Crippen molar-refractivity contribution in [2.45, 2.75) is 19.9 Å². The minimum atomic E-state index is 0.00359. The molecule has 0 bridgehead atoms. The van der Waals surface area contributed by atoms with Crippen molar-refractivity contribution < 1.29 is 4.79 Å². The number of amides is 1. The molecule has 1 amide bonds. The summed E-state index contributed by atoms with van der Waals surface area (Å²) in [5.74, 6) is 0.00359. The van der Waals surface area contributed by atoms with Crippen LogP contribution in [0.25, 0.3) is 0 Å². The lowest BCUT2D eigenvalue weighted by atomic mass is 10.1. The molecule has 0 saturated heterocycles. The topological polar surface area (TPSA) is 41.1 Å². The highest BCUT2D eigenvalue weighted by molar-refractivity contribution is 6.35. The molecule has 116 valence electrons. The Morgan fingerprint density at radius 2 is 1.77 bits per heavy atom. The van der Waals surface area contributed by atoms with Crippen molar-refractivity contribution >= 4 is 34.8 Å². The first-order valence-corrected chi connectivity index (χ1v) is 7.81. The molecule has 0 radical (unpaired) electrons. The monoisotopic (exact) mass is 336 g/mol. The zero-order valence-corrected chi connectivity index (χ0v) is 13.8. The Labute approximate surface area is 140 Å². The van der Waals surface area contributed by atoms with Crippen LogP contribution in [0.3, 0.4) is 0 Å². The maximum atomic E-state index is 11.8. The van der Waals surface area contributed by atoms with E-state index in [0.29, 0.717) is 29.6 Å². The van der Waals surface area contributed by atoms with Crippen molar-refractivity contribution in [3.8, 4) is 0 Å². The molecule has 2 aromatic carbocycles. The van der Waals surface area contributed by atoms with Gasteiger partial charge in [0.25, 0.3) is 0 Å². The van der Waals surface area contributed by atoms with Crippen LogP contribution in [0.1, 0.15) is 17.5 Å². The number of benzene rings is 2. The highest BCUT2D eigenvalue weighted by Gasteiger charge is 2.03. The average Bonchev–Trinajstić information content (AvgIpc) is 2.45. The predicted molar refractivity (Wildman–Crippen MR) is 92.6 cm³/mol. The van der Waals surface area contributed by atoms with E-state index in [1.807, 2.05) is 31.2 Å². The van der Waals surface area contributed by atoms with Gasteiger partial charge in [0.1, 0.15) is 0 Å². The van der Waals surface area contributed by atoms with Crippen molar-refractivity contribution in [3.63, 3.8) is 0 Å². The second-order valence-electron chi connectivity index (χ2n) is 5.04. The van der Waals surface area contributed by atoms with Gasteiger partial charge in [-0.1, -0.05) is 47.5 Å². The summed E-state index contributed by atoms with van der Waals surface area (Å²) < 4.78 is 0. The second kappa shape index (κ2) is 8.06. The smallest absolute Gasteiger partial charge is 0.222 e. The van der Waals surface area contributed by atoms with E-state index in [9.17, 15) is 4.79 Å². The largest absolute Gasteiger partial charge is 0.384 e. The molecule has 3 nitrogen and oxygen atoms in total. The van der Waals surface area contributed by atoms with Gasteiger partial charge in [-0.2, -0.15) is 0 Å². The standard InChI is InChI=1S/C17H18Cl2N2O/c1-12-4-2-3-5-13(12)11-21-17(22)6-7-20-16-9-14(18)8-15(19)10-16/h2-5,8-10,20H,6-7,11H2,1H3,(H,21,22). The van der Waals surface area contributed by atoms with Crippen LogP contribution in [-0.4, -0.2) is 12.5 Å². The molecule has 2 N–H and O–H groups in total. The molecule has 0 saturated carbocycles. The average molecular weight is 337 g/mol. The van der Waals surface area contributed by atoms with Gasteiger partial charge in [-0.15, -0.1) is 0 Å². The summed E-state index contributed by atoms with van der Waals surface area (Å²) in [6.07, 6.45) is 0.385. The molecule has 0 aliphatic rings. The summed E-state index contributed by atoms with van der Waals surface area (Å²) in [4.78, 5) is 11.8. The summed E-state index contributed by atoms with van der Waals surface area (Å²) in [7, 11) is 0. The van der Waals surface area contributed by atoms with Gasteiger partial charge in [0.05, 0.1) is 0 Å². The summed E-state index contributed by atoms with van der Waals surface area (Å²) in [6, 6.07) is 13.2. The molecular weight excluding hydrogens is 319 g/mol. The lowest BCUT2D eigenvalue weighted by molar-refractivity contribution is -0.121. The fraction of sp³-hybridized carbons (Fsp3) is 0.235. The predicted octanol–water partition coefficient (Wildman–Crippen LogP) is 4.42. The minimum Gasteiger partial charge on any atom is -0.384 e. The van der Waals surface area contributed by atoms with Gasteiger partial charge < -0.3 is 10.6 Å². The molecule has 0 aliphatic heterocycles. The summed E-state index contributed by atoms with van der Waals surface area (Å²) in [5, 5.41) is 7.19. The maximum Gasteiger partial charge on any atom is 0.222 e. The molecule has 22 heavy (non-hydrogen) atoms. The maximum absolute atomic E-state index is 11.8. The molecule has 0 unspecified atom stereocenters. The summed E-state index contributed by atoms with van der Waals surface area (Å²) in [6.45, 7) is 3.11. The molecule has 5 heteroatoms. The Bertz CT molecular complexity index is 639. The number of carbonyl (C=O) groups excluding carboxylic acids is 1. The van der Waals surface area contributed by atoms with E-state index in [4.69, 9.17) is 23.2 Å². The molecule has 0 atom stereocenters. The van der Waals surface area contributed by atoms with Gasteiger partial charge in [0.15, 0.2) is 0 Å². The first-order valence-electron chi connectivity index (χ1n) is 7.06. The third-order valence-corrected chi connectivity index (χ3v) is 3.72. The third kappa shape index (κ3) is 5.24. The number of carbonyl (C=O) groups is 1. The van der Waals surface area contributed by atoms with Crippen LogP contribution in [0.4, 0.5) is 5.69 Å². The molecule has 0 fully saturated rings. The molecule has 2 rings (SSSR count). The lowest BCUT2D eigenvalue weighted by Crippen LogP contribution is -2.25. The number of nitrogens with one attached hydrogen (secondary N) is 2. The van der Waals surface area contributed by atoms with Gasteiger partial charge in [0, 0.05) is 35.2 Å². The molecule has 0 aromatic heterocycles. The van der Waals surface area contributed by atoms with E-state index < -0.39 is 0 Å². The van der Waals surface area contributed by atoms with Gasteiger partial charge in [-0.25, -0.2) is 0 Å². The van der Waals surface area contributed by atoms with Crippen molar-refractivity contribution in [2.75, 3.05) is 11.9 Å². The van der Waals surface area contributed by atoms with E-state index in [1.165, 1.54) is 5.56 Å². The van der Waals surface area contributed by atoms with Gasteiger partial charge in [0.2, 0.25) is 5.91 Å². The van der Waals surface area contributed by atoms with Crippen LogP contribution in [0.15, 0.2) is 42.5 Å². The van der Waals surface area contributed by atoms with E-state index in [1.54, 1.807) is 18.2 Å². The van der Waals surface area contributed by atoms with Gasteiger partial charge >= 0.3 is 0 Å². The Balaban J connectivity index is 1.75. The number of rotatable bonds is 6. The molecule has 0 heterocycles. The van der Waals surface area contributed by atoms with Gasteiger partial charge in [-0.3, -0.25) is 4.79 Å². The fourth-order valence-corrected chi connectivity index (χ4v) is 2.59. The highest BCUT2D eigenvalue weighted by Crippen LogP contribution is 2.22.